The van der Waals surface area contributed by atoms with E-state index in [9.17, 15) is 0 Å². The smallest absolute Gasteiger partial charge is 0.140 e. The van der Waals surface area contributed by atoms with E-state index in [0.717, 1.165) is 15.8 Å². The Morgan fingerprint density at radius 1 is 1.50 bits per heavy atom. The fourth-order valence-electron chi connectivity index (χ4n) is 1.02. The average molecular weight is 250 g/mol. The van der Waals surface area contributed by atoms with Gasteiger partial charge in [-0.25, -0.2) is 0 Å². The van der Waals surface area contributed by atoms with Crippen LogP contribution in [0.2, 0.25) is 5.02 Å². The molecule has 1 aromatic carbocycles. The van der Waals surface area contributed by atoms with Crippen molar-refractivity contribution in [3.63, 3.8) is 0 Å². The van der Waals surface area contributed by atoms with Crippen molar-refractivity contribution in [3.8, 4) is 5.75 Å². The minimum absolute atomic E-state index is 0.641. The molecule has 0 fully saturated rings. The molecule has 0 N–H and O–H groups in total. The lowest BCUT2D eigenvalue weighted by atomic mass is 10.2. The topological polar surface area (TPSA) is 9.23 Å². The summed E-state index contributed by atoms with van der Waals surface area (Å²) in [6.07, 6.45) is 0. The molecule has 1 nitrogen and oxygen atoms in total. The first-order chi connectivity index (χ1) is 5.65. The Morgan fingerprint density at radius 2 is 2.17 bits per heavy atom. The van der Waals surface area contributed by atoms with Gasteiger partial charge in [0.1, 0.15) is 5.75 Å². The number of hydrogen-bond acceptors (Lipinski definition) is 1. The Kier molecular flexibility index (Phi) is 3.41. The molecule has 0 radical (unpaired) electrons. The van der Waals surface area contributed by atoms with E-state index >= 15 is 0 Å². The summed E-state index contributed by atoms with van der Waals surface area (Å²) in [6, 6.07) is 3.82. The number of benzene rings is 1. The van der Waals surface area contributed by atoms with Crippen LogP contribution in [0.1, 0.15) is 12.5 Å². The van der Waals surface area contributed by atoms with E-state index in [-0.39, 0.29) is 0 Å². The minimum Gasteiger partial charge on any atom is -0.492 e. The molecule has 0 aliphatic carbocycles. The number of ether oxygens (including phenoxy) is 1. The first kappa shape index (κ1) is 9.87. The van der Waals surface area contributed by atoms with E-state index in [1.54, 1.807) is 0 Å². The zero-order valence-corrected chi connectivity index (χ0v) is 9.37. The van der Waals surface area contributed by atoms with E-state index in [1.807, 2.05) is 26.0 Å². The van der Waals surface area contributed by atoms with Crippen LogP contribution in [0.4, 0.5) is 0 Å². The normalized spacial score (nSPS) is 10.0. The van der Waals surface area contributed by atoms with Crippen molar-refractivity contribution < 1.29 is 4.74 Å². The molecule has 0 unspecified atom stereocenters. The van der Waals surface area contributed by atoms with Crippen LogP contribution >= 0.6 is 27.5 Å². The van der Waals surface area contributed by atoms with Crippen molar-refractivity contribution >= 4 is 27.5 Å². The van der Waals surface area contributed by atoms with Crippen molar-refractivity contribution in [3.05, 3.63) is 27.2 Å². The standard InChI is InChI=1S/C9H10BrClO/c1-3-12-9-6(2)4-7(10)5-8(9)11/h4-5H,3H2,1-2H3. The second kappa shape index (κ2) is 4.15. The Bertz CT molecular complexity index is 263. The molecule has 0 atom stereocenters. The highest BCUT2D eigenvalue weighted by molar-refractivity contribution is 9.10. The second-order valence-electron chi connectivity index (χ2n) is 2.47. The Morgan fingerprint density at radius 3 is 2.67 bits per heavy atom. The molecule has 12 heavy (non-hydrogen) atoms. The maximum atomic E-state index is 5.96. The minimum atomic E-state index is 0.641. The molecule has 0 saturated carbocycles. The van der Waals surface area contributed by atoms with Crippen molar-refractivity contribution in [2.45, 2.75) is 13.8 Å². The predicted octanol–water partition coefficient (Wildman–Crippen LogP) is 3.81. The van der Waals surface area contributed by atoms with Crippen LogP contribution in [0, 0.1) is 6.92 Å². The van der Waals surface area contributed by atoms with Crippen LogP contribution in [0.5, 0.6) is 5.75 Å². The van der Waals surface area contributed by atoms with Gasteiger partial charge in [0.25, 0.3) is 0 Å². The number of aryl methyl sites for hydroxylation is 1. The van der Waals surface area contributed by atoms with E-state index in [0.29, 0.717) is 11.6 Å². The van der Waals surface area contributed by atoms with Crippen LogP contribution in [-0.4, -0.2) is 6.61 Å². The van der Waals surface area contributed by atoms with Gasteiger partial charge in [0.05, 0.1) is 11.6 Å². The molecule has 0 aliphatic rings. The molecule has 0 saturated heterocycles. The third-order valence-electron chi connectivity index (χ3n) is 1.48. The van der Waals surface area contributed by atoms with Gasteiger partial charge >= 0.3 is 0 Å². The Balaban J connectivity index is 3.10. The average Bonchev–Trinajstić information content (AvgIpc) is 1.96. The zero-order valence-electron chi connectivity index (χ0n) is 7.03. The lowest BCUT2D eigenvalue weighted by molar-refractivity contribution is 0.338. The van der Waals surface area contributed by atoms with E-state index in [1.165, 1.54) is 0 Å². The maximum Gasteiger partial charge on any atom is 0.140 e. The molecule has 0 aliphatic heterocycles. The molecule has 0 aromatic heterocycles. The maximum absolute atomic E-state index is 5.96. The largest absolute Gasteiger partial charge is 0.492 e. The van der Waals surface area contributed by atoms with Gasteiger partial charge in [-0.1, -0.05) is 27.5 Å². The molecular formula is C9H10BrClO. The van der Waals surface area contributed by atoms with E-state index in [4.69, 9.17) is 16.3 Å². The lowest BCUT2D eigenvalue weighted by Crippen LogP contribution is -1.94. The van der Waals surface area contributed by atoms with Crippen molar-refractivity contribution in [2.75, 3.05) is 6.61 Å². The second-order valence-corrected chi connectivity index (χ2v) is 3.79. The van der Waals surface area contributed by atoms with Gasteiger partial charge < -0.3 is 4.74 Å². The molecule has 66 valence electrons. The summed E-state index contributed by atoms with van der Waals surface area (Å²) in [4.78, 5) is 0. The van der Waals surface area contributed by atoms with Crippen molar-refractivity contribution in [1.82, 2.24) is 0 Å². The van der Waals surface area contributed by atoms with Gasteiger partial charge in [-0.3, -0.25) is 0 Å². The van der Waals surface area contributed by atoms with Gasteiger partial charge in [0, 0.05) is 4.47 Å². The zero-order chi connectivity index (χ0) is 9.14. The van der Waals surface area contributed by atoms with Gasteiger partial charge in [0.15, 0.2) is 0 Å². The lowest BCUT2D eigenvalue weighted by Gasteiger charge is -2.08. The molecule has 3 heteroatoms. The summed E-state index contributed by atoms with van der Waals surface area (Å²) < 4.78 is 6.35. The third kappa shape index (κ3) is 2.14. The highest BCUT2D eigenvalue weighted by Crippen LogP contribution is 2.31. The van der Waals surface area contributed by atoms with Crippen molar-refractivity contribution in [1.29, 1.82) is 0 Å². The summed E-state index contributed by atoms with van der Waals surface area (Å²) in [6.45, 7) is 4.56. The van der Waals surface area contributed by atoms with Crippen LogP contribution in [0.15, 0.2) is 16.6 Å². The number of rotatable bonds is 2. The first-order valence-corrected chi connectivity index (χ1v) is 4.90. The highest BCUT2D eigenvalue weighted by atomic mass is 79.9. The summed E-state index contributed by atoms with van der Waals surface area (Å²) in [5.41, 5.74) is 1.05. The van der Waals surface area contributed by atoms with E-state index < -0.39 is 0 Å². The molecular weight excluding hydrogens is 239 g/mol. The highest BCUT2D eigenvalue weighted by Gasteiger charge is 2.05. The quantitative estimate of drug-likeness (QED) is 0.774. The summed E-state index contributed by atoms with van der Waals surface area (Å²) in [7, 11) is 0. The molecule has 1 rings (SSSR count). The van der Waals surface area contributed by atoms with Gasteiger partial charge in [-0.05, 0) is 31.5 Å². The predicted molar refractivity (Wildman–Crippen MR) is 55.1 cm³/mol. The Hall–Kier alpha value is -0.210. The molecule has 0 heterocycles. The van der Waals surface area contributed by atoms with E-state index in [2.05, 4.69) is 15.9 Å². The molecule has 0 spiro atoms. The van der Waals surface area contributed by atoms with Crippen molar-refractivity contribution in [2.24, 2.45) is 0 Å². The SMILES string of the molecule is CCOc1c(C)cc(Br)cc1Cl. The fourth-order valence-corrected chi connectivity index (χ4v) is 2.04. The molecule has 0 amide bonds. The first-order valence-electron chi connectivity index (χ1n) is 3.73. The number of hydrogen-bond donors (Lipinski definition) is 0. The number of halogens is 2. The molecule has 0 bridgehead atoms. The van der Waals surface area contributed by atoms with Crippen LogP contribution < -0.4 is 4.74 Å². The molecule has 1 aromatic rings. The Labute approximate surface area is 85.8 Å². The summed E-state index contributed by atoms with van der Waals surface area (Å²) in [5, 5.41) is 0.656. The monoisotopic (exact) mass is 248 g/mol. The fraction of sp³-hybridized carbons (Fsp3) is 0.333. The van der Waals surface area contributed by atoms with Gasteiger partial charge in [0.2, 0.25) is 0 Å². The third-order valence-corrected chi connectivity index (χ3v) is 2.22. The van der Waals surface area contributed by atoms with Gasteiger partial charge in [-0.2, -0.15) is 0 Å². The summed E-state index contributed by atoms with van der Waals surface area (Å²) in [5.74, 6) is 0.780. The van der Waals surface area contributed by atoms with Gasteiger partial charge in [-0.15, -0.1) is 0 Å². The van der Waals surface area contributed by atoms with Crippen LogP contribution in [0.25, 0.3) is 0 Å². The summed E-state index contributed by atoms with van der Waals surface area (Å²) >= 11 is 9.32. The van der Waals surface area contributed by atoms with Crippen LogP contribution in [0.3, 0.4) is 0 Å². The van der Waals surface area contributed by atoms with Crippen LogP contribution in [-0.2, 0) is 0 Å².